The largest absolute Gasteiger partial charge is 0.383 e. The first-order chi connectivity index (χ1) is 13.4. The van der Waals surface area contributed by atoms with Crippen molar-refractivity contribution >= 4 is 28.6 Å². The van der Waals surface area contributed by atoms with E-state index in [1.165, 1.54) is 6.33 Å². The number of carbonyl (C=O) groups excluding carboxylic acids is 1. The van der Waals surface area contributed by atoms with Crippen LogP contribution in [0.15, 0.2) is 30.7 Å². The highest BCUT2D eigenvalue weighted by Gasteiger charge is 2.26. The number of aromatic nitrogens is 3. The molecule has 0 radical (unpaired) electrons. The van der Waals surface area contributed by atoms with Crippen LogP contribution in [-0.2, 0) is 6.42 Å². The molecular formula is C21H26N6O. The van der Waals surface area contributed by atoms with Crippen LogP contribution in [0.5, 0.6) is 0 Å². The monoisotopic (exact) mass is 378 g/mol. The van der Waals surface area contributed by atoms with E-state index in [1.807, 2.05) is 30.9 Å². The van der Waals surface area contributed by atoms with Gasteiger partial charge in [-0.1, -0.05) is 6.07 Å². The zero-order valence-electron chi connectivity index (χ0n) is 16.7. The van der Waals surface area contributed by atoms with Gasteiger partial charge in [0.15, 0.2) is 0 Å². The van der Waals surface area contributed by atoms with Gasteiger partial charge in [-0.15, -0.1) is 0 Å². The van der Waals surface area contributed by atoms with Gasteiger partial charge in [0.05, 0.1) is 5.39 Å². The second-order valence-electron chi connectivity index (χ2n) is 7.85. The Morgan fingerprint density at radius 3 is 2.71 bits per heavy atom. The Morgan fingerprint density at radius 1 is 1.21 bits per heavy atom. The fourth-order valence-electron chi connectivity index (χ4n) is 3.83. The van der Waals surface area contributed by atoms with Gasteiger partial charge < -0.3 is 15.6 Å². The summed E-state index contributed by atoms with van der Waals surface area (Å²) in [4.78, 5) is 22.9. The molecule has 0 aliphatic carbocycles. The standard InChI is InChI=1S/C21H26N6O/c1-12(2)25-21(28)26-8-7-15-9-14(5-6-17(15)26)16-10-27(13(3)4)20-18(16)19(22)23-11-24-20/h5-6,9-13H,7-8H2,1-4H3,(H,25,28)(H2,22,23,24). The van der Waals surface area contributed by atoms with E-state index < -0.39 is 0 Å². The molecule has 1 aromatic carbocycles. The van der Waals surface area contributed by atoms with Crippen molar-refractivity contribution in [3.05, 3.63) is 36.3 Å². The molecule has 3 aromatic rings. The van der Waals surface area contributed by atoms with E-state index in [4.69, 9.17) is 5.73 Å². The third-order valence-electron chi connectivity index (χ3n) is 5.14. The van der Waals surface area contributed by atoms with Gasteiger partial charge in [0.1, 0.15) is 17.8 Å². The van der Waals surface area contributed by atoms with Crippen LogP contribution in [-0.4, -0.2) is 33.2 Å². The van der Waals surface area contributed by atoms with Crippen molar-refractivity contribution in [2.75, 3.05) is 17.2 Å². The van der Waals surface area contributed by atoms with Gasteiger partial charge >= 0.3 is 6.03 Å². The predicted octanol–water partition coefficient (Wildman–Crippen LogP) is 3.74. The van der Waals surface area contributed by atoms with Gasteiger partial charge in [-0.3, -0.25) is 4.90 Å². The van der Waals surface area contributed by atoms with Crippen molar-refractivity contribution in [1.82, 2.24) is 19.9 Å². The second kappa shape index (κ2) is 6.82. The molecule has 2 aromatic heterocycles. The third-order valence-corrected chi connectivity index (χ3v) is 5.14. The zero-order valence-corrected chi connectivity index (χ0v) is 16.7. The molecule has 7 nitrogen and oxygen atoms in total. The number of amides is 2. The number of nitrogen functional groups attached to an aromatic ring is 1. The molecule has 7 heteroatoms. The lowest BCUT2D eigenvalue weighted by molar-refractivity contribution is 0.244. The predicted molar refractivity (Wildman–Crippen MR) is 112 cm³/mol. The zero-order chi connectivity index (χ0) is 20.0. The Bertz CT molecular complexity index is 1050. The van der Waals surface area contributed by atoms with Gasteiger partial charge in [-0.2, -0.15) is 0 Å². The minimum absolute atomic E-state index is 0.0458. The molecule has 0 saturated heterocycles. The average Bonchev–Trinajstić information content (AvgIpc) is 3.23. The summed E-state index contributed by atoms with van der Waals surface area (Å²) in [7, 11) is 0. The first-order valence-corrected chi connectivity index (χ1v) is 9.69. The SMILES string of the molecule is CC(C)NC(=O)N1CCc2cc(-c3cn(C(C)C)c4ncnc(N)c34)ccc21. The summed E-state index contributed by atoms with van der Waals surface area (Å²) in [5.41, 5.74) is 11.3. The number of nitrogens with one attached hydrogen (secondary N) is 1. The molecule has 2 amide bonds. The van der Waals surface area contributed by atoms with Crippen LogP contribution in [0.2, 0.25) is 0 Å². The lowest BCUT2D eigenvalue weighted by atomic mass is 10.0. The van der Waals surface area contributed by atoms with Gasteiger partial charge in [-0.05, 0) is 57.4 Å². The van der Waals surface area contributed by atoms with E-state index in [1.54, 1.807) is 0 Å². The van der Waals surface area contributed by atoms with Crippen molar-refractivity contribution in [1.29, 1.82) is 0 Å². The average molecular weight is 378 g/mol. The smallest absolute Gasteiger partial charge is 0.322 e. The number of fused-ring (bicyclic) bond motifs is 2. The Balaban J connectivity index is 1.78. The Kier molecular flexibility index (Phi) is 4.45. The van der Waals surface area contributed by atoms with Crippen LogP contribution in [0, 0.1) is 0 Å². The number of rotatable bonds is 3. The van der Waals surface area contributed by atoms with Crippen molar-refractivity contribution in [3.8, 4) is 11.1 Å². The molecule has 146 valence electrons. The molecule has 4 rings (SSSR count). The first kappa shape index (κ1) is 18.3. The van der Waals surface area contributed by atoms with Crippen LogP contribution in [0.25, 0.3) is 22.2 Å². The summed E-state index contributed by atoms with van der Waals surface area (Å²) in [5, 5.41) is 3.85. The summed E-state index contributed by atoms with van der Waals surface area (Å²) in [5.74, 6) is 0.484. The molecule has 0 spiro atoms. The highest BCUT2D eigenvalue weighted by molar-refractivity contribution is 6.01. The molecule has 1 aliphatic rings. The van der Waals surface area contributed by atoms with E-state index in [0.717, 1.165) is 39.8 Å². The number of carbonyl (C=O) groups is 1. The summed E-state index contributed by atoms with van der Waals surface area (Å²) in [6.45, 7) is 8.87. The van der Waals surface area contributed by atoms with Gasteiger partial charge in [0.2, 0.25) is 0 Å². The highest BCUT2D eigenvalue weighted by Crippen LogP contribution is 2.37. The van der Waals surface area contributed by atoms with E-state index in [2.05, 4.69) is 46.0 Å². The number of hydrogen-bond acceptors (Lipinski definition) is 4. The van der Waals surface area contributed by atoms with Crippen molar-refractivity contribution in [2.45, 2.75) is 46.2 Å². The van der Waals surface area contributed by atoms with Crippen LogP contribution in [0.4, 0.5) is 16.3 Å². The van der Waals surface area contributed by atoms with Gasteiger partial charge in [0.25, 0.3) is 0 Å². The Labute approximate surface area is 164 Å². The number of nitrogens with two attached hydrogens (primary N) is 1. The van der Waals surface area contributed by atoms with Crippen LogP contribution in [0.1, 0.15) is 39.3 Å². The Morgan fingerprint density at radius 2 is 2.00 bits per heavy atom. The summed E-state index contributed by atoms with van der Waals surface area (Å²) in [6, 6.07) is 6.55. The molecular weight excluding hydrogens is 352 g/mol. The fraction of sp³-hybridized carbons (Fsp3) is 0.381. The second-order valence-corrected chi connectivity index (χ2v) is 7.85. The molecule has 3 heterocycles. The fourth-order valence-corrected chi connectivity index (χ4v) is 3.83. The first-order valence-electron chi connectivity index (χ1n) is 9.69. The molecule has 3 N–H and O–H groups in total. The van der Waals surface area contributed by atoms with Crippen molar-refractivity contribution in [2.24, 2.45) is 0 Å². The van der Waals surface area contributed by atoms with Crippen LogP contribution < -0.4 is 16.0 Å². The van der Waals surface area contributed by atoms with E-state index in [9.17, 15) is 4.79 Å². The van der Waals surface area contributed by atoms with Crippen LogP contribution >= 0.6 is 0 Å². The summed E-state index contributed by atoms with van der Waals surface area (Å²) >= 11 is 0. The molecule has 0 atom stereocenters. The lowest BCUT2D eigenvalue weighted by Crippen LogP contribution is -2.42. The molecule has 0 bridgehead atoms. The number of urea groups is 1. The topological polar surface area (TPSA) is 89.1 Å². The maximum Gasteiger partial charge on any atom is 0.322 e. The number of anilines is 2. The maximum absolute atomic E-state index is 12.4. The normalized spacial score (nSPS) is 13.6. The summed E-state index contributed by atoms with van der Waals surface area (Å²) < 4.78 is 2.12. The third kappa shape index (κ3) is 2.96. The Hall–Kier alpha value is -3.09. The maximum atomic E-state index is 12.4. The highest BCUT2D eigenvalue weighted by atomic mass is 16.2. The van der Waals surface area contributed by atoms with Gasteiger partial charge in [0, 0.05) is 36.1 Å². The molecule has 0 fully saturated rings. The lowest BCUT2D eigenvalue weighted by Gasteiger charge is -2.20. The number of nitrogens with zero attached hydrogens (tertiary/aromatic N) is 4. The quantitative estimate of drug-likeness (QED) is 0.726. The minimum Gasteiger partial charge on any atom is -0.383 e. The molecule has 1 aliphatic heterocycles. The van der Waals surface area contributed by atoms with E-state index in [-0.39, 0.29) is 18.1 Å². The van der Waals surface area contributed by atoms with E-state index >= 15 is 0 Å². The number of hydrogen-bond donors (Lipinski definition) is 2. The number of benzene rings is 1. The minimum atomic E-state index is -0.0458. The van der Waals surface area contributed by atoms with Crippen LogP contribution in [0.3, 0.4) is 0 Å². The molecule has 28 heavy (non-hydrogen) atoms. The van der Waals surface area contributed by atoms with Crippen molar-refractivity contribution in [3.63, 3.8) is 0 Å². The van der Waals surface area contributed by atoms with Crippen molar-refractivity contribution < 1.29 is 4.79 Å². The molecule has 0 saturated carbocycles. The van der Waals surface area contributed by atoms with E-state index in [0.29, 0.717) is 12.4 Å². The van der Waals surface area contributed by atoms with Gasteiger partial charge in [-0.25, -0.2) is 14.8 Å². The summed E-state index contributed by atoms with van der Waals surface area (Å²) in [6.07, 6.45) is 4.44. The molecule has 0 unspecified atom stereocenters.